The molecule has 0 amide bonds. The third kappa shape index (κ3) is 1.82. The topological polar surface area (TPSA) is 22.0 Å². The lowest BCUT2D eigenvalue weighted by atomic mass is 10.0. The van der Waals surface area contributed by atoms with Gasteiger partial charge >= 0.3 is 0 Å². The van der Waals surface area contributed by atoms with Gasteiger partial charge in [-0.15, -0.1) is 0 Å². The van der Waals surface area contributed by atoms with Crippen molar-refractivity contribution in [3.8, 4) is 0 Å². The Hall–Kier alpha value is -0.0100. The van der Waals surface area contributed by atoms with Crippen LogP contribution in [0.4, 0.5) is 0 Å². The van der Waals surface area contributed by atoms with Crippen LogP contribution in [0.2, 0.25) is 0 Å². The Morgan fingerprint density at radius 2 is 2.12 bits per heavy atom. The number of fused-ring (bicyclic) bond motifs is 1. The Morgan fingerprint density at radius 3 is 2.69 bits per heavy atom. The summed E-state index contributed by atoms with van der Waals surface area (Å²) in [5, 5.41) is 1.01. The van der Waals surface area contributed by atoms with Gasteiger partial charge in [-0.3, -0.25) is 8.77 Å². The van der Waals surface area contributed by atoms with E-state index >= 15 is 0 Å². The van der Waals surface area contributed by atoms with Crippen LogP contribution in [-0.4, -0.2) is 10.3 Å². The normalized spacial score (nSPS) is 11.0. The molecule has 1 aromatic heterocycles. The van der Waals surface area contributed by atoms with E-state index in [2.05, 4.69) is 54.1 Å². The fourth-order valence-electron chi connectivity index (χ4n) is 1.96. The van der Waals surface area contributed by atoms with Gasteiger partial charge in [0.05, 0.1) is 5.52 Å². The lowest BCUT2D eigenvalue weighted by Gasteiger charge is -2.07. The molecule has 16 heavy (non-hydrogen) atoms. The zero-order chi connectivity index (χ0) is 11.9. The molecule has 0 atom stereocenters. The van der Waals surface area contributed by atoms with Crippen molar-refractivity contribution in [3.05, 3.63) is 33.4 Å². The summed E-state index contributed by atoms with van der Waals surface area (Å²) in [4.78, 5) is 11.2. The molecule has 0 spiro atoms. The molecule has 0 aliphatic heterocycles. The van der Waals surface area contributed by atoms with E-state index in [9.17, 15) is 4.79 Å². The Morgan fingerprint density at radius 1 is 1.44 bits per heavy atom. The number of carbonyl (C=O) groups excluding carboxylic acids is 1. The van der Waals surface area contributed by atoms with Crippen LogP contribution in [0.5, 0.6) is 0 Å². The highest BCUT2D eigenvalue weighted by molar-refractivity contribution is 14.2. The summed E-state index contributed by atoms with van der Waals surface area (Å²) < 4.78 is 3.04. The molecule has 1 aromatic carbocycles. The average Bonchev–Trinajstić information content (AvgIpc) is 2.57. The number of hydrogen-bond acceptors (Lipinski definition) is 2. The number of aldehydes is 1. The van der Waals surface area contributed by atoms with Gasteiger partial charge < -0.3 is 0 Å². The molecule has 0 radical (unpaired) electrons. The van der Waals surface area contributed by atoms with E-state index in [4.69, 9.17) is 0 Å². The van der Waals surface area contributed by atoms with E-state index in [1.807, 2.05) is 13.1 Å². The number of aryl methyl sites for hydroxylation is 2. The maximum Gasteiger partial charge on any atom is 0.151 e. The molecular weight excluding hydrogens is 401 g/mol. The van der Waals surface area contributed by atoms with Crippen LogP contribution in [-0.2, 0) is 0 Å². The summed E-state index contributed by atoms with van der Waals surface area (Å²) in [6.07, 6.45) is 2.94. The second kappa shape index (κ2) is 4.70. The summed E-state index contributed by atoms with van der Waals surface area (Å²) in [7, 11) is 1.60. The number of benzene rings is 1. The summed E-state index contributed by atoms with van der Waals surface area (Å²) in [6, 6.07) is 2.06. The minimum Gasteiger partial charge on any atom is -0.298 e. The first-order chi connectivity index (χ1) is 7.60. The minimum atomic E-state index is 0.775. The predicted octanol–water partition coefficient (Wildman–Crippen LogP) is 4.68. The molecule has 0 saturated heterocycles. The molecule has 0 unspecified atom stereocenters. The monoisotopic (exact) mass is 409 g/mol. The van der Waals surface area contributed by atoms with E-state index in [0.717, 1.165) is 32.8 Å². The van der Waals surface area contributed by atoms with Gasteiger partial charge in [-0.2, -0.15) is 0 Å². The van der Waals surface area contributed by atoms with Crippen molar-refractivity contribution in [1.82, 2.24) is 3.97 Å². The molecule has 0 bridgehead atoms. The van der Waals surface area contributed by atoms with E-state index in [0.29, 0.717) is 0 Å². The number of nitrogens with zero attached hydrogens (tertiary/aromatic N) is 1. The molecule has 5 heteroatoms. The van der Waals surface area contributed by atoms with Crippen molar-refractivity contribution in [2.75, 3.05) is 0 Å². The maximum atomic E-state index is 11.2. The summed E-state index contributed by atoms with van der Waals surface area (Å²) in [6.45, 7) is 4.04. The highest BCUT2D eigenvalue weighted by atomic mass is 127. The molecule has 2 aromatic rings. The van der Waals surface area contributed by atoms with E-state index in [1.54, 1.807) is 9.12 Å². The quantitative estimate of drug-likeness (QED) is 0.530. The van der Waals surface area contributed by atoms with Gasteiger partial charge in [0.25, 0.3) is 0 Å². The average molecular weight is 410 g/mol. The first-order valence-electron chi connectivity index (χ1n) is 4.65. The van der Waals surface area contributed by atoms with Crippen molar-refractivity contribution >= 4 is 63.4 Å². The third-order valence-electron chi connectivity index (χ3n) is 2.62. The summed E-state index contributed by atoms with van der Waals surface area (Å²) >= 11 is 5.76. The molecule has 0 saturated carbocycles. The van der Waals surface area contributed by atoms with Crippen molar-refractivity contribution < 1.29 is 4.79 Å². The van der Waals surface area contributed by atoms with Crippen LogP contribution in [0.1, 0.15) is 21.5 Å². The molecule has 2 rings (SSSR count). The Kier molecular flexibility index (Phi) is 3.65. The number of carbonyl (C=O) groups is 1. The van der Waals surface area contributed by atoms with Crippen LogP contribution < -0.4 is 0 Å². The summed E-state index contributed by atoms with van der Waals surface area (Å²) in [5.74, 6) is 0. The van der Waals surface area contributed by atoms with E-state index < -0.39 is 0 Å². The van der Waals surface area contributed by atoms with Crippen LogP contribution in [0.3, 0.4) is 0 Å². The largest absolute Gasteiger partial charge is 0.298 e. The molecule has 2 nitrogen and oxygen atoms in total. The van der Waals surface area contributed by atoms with Gasteiger partial charge in [0.2, 0.25) is 0 Å². The Bertz CT molecular complexity index is 579. The fraction of sp³-hybridized carbons (Fsp3) is 0.182. The van der Waals surface area contributed by atoms with Gasteiger partial charge in [0.1, 0.15) is 0 Å². The van der Waals surface area contributed by atoms with Crippen molar-refractivity contribution in [2.45, 2.75) is 13.8 Å². The minimum absolute atomic E-state index is 0.775. The van der Waals surface area contributed by atoms with Gasteiger partial charge in [-0.1, -0.05) is 6.07 Å². The number of hydrogen-bond donors (Lipinski definition) is 0. The second-order valence-corrected chi connectivity index (χ2v) is 6.20. The highest BCUT2D eigenvalue weighted by Gasteiger charge is 2.15. The van der Waals surface area contributed by atoms with Gasteiger partial charge in [0.15, 0.2) is 6.29 Å². The lowest BCUT2D eigenvalue weighted by molar-refractivity contribution is 0.112. The SMILES string of the molecule is Cc1cc(C)c2c(c(Br)cn2SI)c1C=O. The van der Waals surface area contributed by atoms with Crippen molar-refractivity contribution in [2.24, 2.45) is 0 Å². The first-order valence-corrected chi connectivity index (χ1v) is 8.76. The van der Waals surface area contributed by atoms with Crippen LogP contribution >= 0.6 is 46.3 Å². The van der Waals surface area contributed by atoms with Gasteiger partial charge in [-0.25, -0.2) is 0 Å². The standard InChI is InChI=1S/C11H9BrINOS/c1-6-3-7(2)11-10(8(6)5-15)9(12)4-14(11)16-13/h3-5H,1-2H3. The molecular formula is C11H9BrINOS. The van der Waals surface area contributed by atoms with Gasteiger partial charge in [-0.05, 0) is 40.9 Å². The van der Waals surface area contributed by atoms with Crippen LogP contribution in [0.15, 0.2) is 16.7 Å². The lowest BCUT2D eigenvalue weighted by Crippen LogP contribution is -1.92. The van der Waals surface area contributed by atoms with E-state index in [-0.39, 0.29) is 0 Å². The first kappa shape index (κ1) is 12.4. The number of rotatable bonds is 2. The fourth-order valence-corrected chi connectivity index (χ4v) is 4.08. The molecule has 84 valence electrons. The Balaban J connectivity index is 3.00. The number of aromatic nitrogens is 1. The third-order valence-corrected chi connectivity index (χ3v) is 4.93. The molecule has 0 aliphatic rings. The molecule has 0 fully saturated rings. The van der Waals surface area contributed by atoms with E-state index in [1.165, 1.54) is 5.56 Å². The molecule has 1 heterocycles. The zero-order valence-electron chi connectivity index (χ0n) is 8.75. The van der Waals surface area contributed by atoms with Crippen molar-refractivity contribution in [3.63, 3.8) is 0 Å². The second-order valence-electron chi connectivity index (χ2n) is 3.64. The zero-order valence-corrected chi connectivity index (χ0v) is 13.3. The smallest absolute Gasteiger partial charge is 0.151 e. The van der Waals surface area contributed by atoms with Gasteiger partial charge in [0, 0.05) is 51.9 Å². The Labute approximate surface area is 119 Å². The van der Waals surface area contributed by atoms with Crippen LogP contribution in [0, 0.1) is 13.8 Å². The number of halogens is 2. The molecule has 0 N–H and O–H groups in total. The maximum absolute atomic E-state index is 11.2. The predicted molar refractivity (Wildman–Crippen MR) is 81.5 cm³/mol. The highest BCUT2D eigenvalue weighted by Crippen LogP contribution is 2.36. The van der Waals surface area contributed by atoms with Crippen molar-refractivity contribution in [1.29, 1.82) is 0 Å². The molecule has 0 aliphatic carbocycles. The summed E-state index contributed by atoms with van der Waals surface area (Å²) in [5.41, 5.74) is 4.10. The van der Waals surface area contributed by atoms with Crippen LogP contribution in [0.25, 0.3) is 10.9 Å².